The van der Waals surface area contributed by atoms with Crippen molar-refractivity contribution in [2.24, 2.45) is 0 Å². The van der Waals surface area contributed by atoms with E-state index in [4.69, 9.17) is 4.74 Å². The first-order chi connectivity index (χ1) is 8.58. The monoisotopic (exact) mass is 248 g/mol. The van der Waals surface area contributed by atoms with Crippen molar-refractivity contribution in [3.8, 4) is 5.75 Å². The highest BCUT2D eigenvalue weighted by atomic mass is 19.2. The van der Waals surface area contributed by atoms with Crippen LogP contribution in [0.2, 0.25) is 0 Å². The van der Waals surface area contributed by atoms with Gasteiger partial charge in [-0.25, -0.2) is 8.78 Å². The predicted octanol–water partition coefficient (Wildman–Crippen LogP) is 4.16. The van der Waals surface area contributed by atoms with Gasteiger partial charge in [0.2, 0.25) is 0 Å². The number of hydrogen-bond acceptors (Lipinski definition) is 1. The molecule has 0 fully saturated rings. The summed E-state index contributed by atoms with van der Waals surface area (Å²) >= 11 is 0. The van der Waals surface area contributed by atoms with Crippen LogP contribution in [0.3, 0.4) is 0 Å². The summed E-state index contributed by atoms with van der Waals surface area (Å²) in [5, 5.41) is 0. The predicted molar refractivity (Wildman–Crippen MR) is 66.6 cm³/mol. The molecule has 0 aromatic heterocycles. The molecule has 0 aliphatic heterocycles. The topological polar surface area (TPSA) is 9.23 Å². The van der Waals surface area contributed by atoms with Crippen molar-refractivity contribution in [3.05, 3.63) is 64.7 Å². The highest BCUT2D eigenvalue weighted by Crippen LogP contribution is 2.22. The maximum atomic E-state index is 13.0. The third-order valence-corrected chi connectivity index (χ3v) is 2.93. The molecule has 2 rings (SSSR count). The minimum atomic E-state index is -0.850. The van der Waals surface area contributed by atoms with Crippen molar-refractivity contribution in [2.45, 2.75) is 20.5 Å². The van der Waals surface area contributed by atoms with E-state index in [9.17, 15) is 8.78 Å². The van der Waals surface area contributed by atoms with Crippen molar-refractivity contribution in [1.82, 2.24) is 0 Å². The molecule has 0 spiro atoms. The van der Waals surface area contributed by atoms with E-state index >= 15 is 0 Å². The summed E-state index contributed by atoms with van der Waals surface area (Å²) in [7, 11) is 0. The van der Waals surface area contributed by atoms with Gasteiger partial charge >= 0.3 is 0 Å². The molecule has 0 amide bonds. The van der Waals surface area contributed by atoms with E-state index in [-0.39, 0.29) is 6.61 Å². The summed E-state index contributed by atoms with van der Waals surface area (Å²) in [6.45, 7) is 4.19. The highest BCUT2D eigenvalue weighted by molar-refractivity contribution is 5.38. The Hall–Kier alpha value is -1.90. The largest absolute Gasteiger partial charge is 0.489 e. The zero-order valence-corrected chi connectivity index (χ0v) is 10.3. The van der Waals surface area contributed by atoms with Crippen molar-refractivity contribution >= 4 is 0 Å². The van der Waals surface area contributed by atoms with Gasteiger partial charge in [-0.1, -0.05) is 18.2 Å². The van der Waals surface area contributed by atoms with Crippen LogP contribution in [0.15, 0.2) is 36.4 Å². The van der Waals surface area contributed by atoms with Crippen LogP contribution in [0.5, 0.6) is 5.75 Å². The fourth-order valence-electron chi connectivity index (χ4n) is 1.67. The van der Waals surface area contributed by atoms with Gasteiger partial charge in [-0.15, -0.1) is 0 Å². The Bertz CT molecular complexity index is 564. The van der Waals surface area contributed by atoms with Crippen LogP contribution in [0.4, 0.5) is 8.78 Å². The van der Waals surface area contributed by atoms with Gasteiger partial charge in [0.25, 0.3) is 0 Å². The molecular formula is C15H14F2O. The molecule has 3 heteroatoms. The molecule has 0 bridgehead atoms. The molecule has 0 saturated heterocycles. The van der Waals surface area contributed by atoms with E-state index < -0.39 is 11.6 Å². The molecule has 0 heterocycles. The van der Waals surface area contributed by atoms with E-state index in [2.05, 4.69) is 0 Å². The van der Waals surface area contributed by atoms with Crippen LogP contribution in [0, 0.1) is 25.5 Å². The molecule has 0 aliphatic rings. The van der Waals surface area contributed by atoms with Gasteiger partial charge in [-0.3, -0.25) is 0 Å². The minimum Gasteiger partial charge on any atom is -0.489 e. The summed E-state index contributed by atoms with van der Waals surface area (Å²) in [5.41, 5.74) is 2.80. The standard InChI is InChI=1S/C15H14F2O/c1-10-4-3-5-15(11(10)2)18-9-12-6-7-13(16)14(17)8-12/h3-8H,9H2,1-2H3. The molecule has 18 heavy (non-hydrogen) atoms. The van der Waals surface area contributed by atoms with Crippen LogP contribution < -0.4 is 4.74 Å². The number of aryl methyl sites for hydroxylation is 1. The van der Waals surface area contributed by atoms with Crippen molar-refractivity contribution in [1.29, 1.82) is 0 Å². The van der Waals surface area contributed by atoms with Crippen LogP contribution in [-0.4, -0.2) is 0 Å². The molecular weight excluding hydrogens is 234 g/mol. The Morgan fingerprint density at radius 2 is 1.78 bits per heavy atom. The van der Waals surface area contributed by atoms with Gasteiger partial charge < -0.3 is 4.74 Å². The van der Waals surface area contributed by atoms with Gasteiger partial charge in [-0.05, 0) is 48.7 Å². The fourth-order valence-corrected chi connectivity index (χ4v) is 1.67. The van der Waals surface area contributed by atoms with Gasteiger partial charge in [0.1, 0.15) is 12.4 Å². The maximum absolute atomic E-state index is 13.0. The number of halogens is 2. The summed E-state index contributed by atoms with van der Waals surface area (Å²) < 4.78 is 31.4. The zero-order valence-electron chi connectivity index (χ0n) is 10.3. The third kappa shape index (κ3) is 2.67. The average molecular weight is 248 g/mol. The summed E-state index contributed by atoms with van der Waals surface area (Å²) in [6, 6.07) is 9.55. The lowest BCUT2D eigenvalue weighted by Crippen LogP contribution is -1.99. The molecule has 0 atom stereocenters. The Kier molecular flexibility index (Phi) is 3.60. The number of ether oxygens (including phenoxy) is 1. The van der Waals surface area contributed by atoms with Gasteiger partial charge in [-0.2, -0.15) is 0 Å². The van der Waals surface area contributed by atoms with Gasteiger partial charge in [0, 0.05) is 0 Å². The second kappa shape index (κ2) is 5.17. The van der Waals surface area contributed by atoms with E-state index in [1.807, 2.05) is 32.0 Å². The minimum absolute atomic E-state index is 0.224. The van der Waals surface area contributed by atoms with Crippen LogP contribution >= 0.6 is 0 Å². The second-order valence-electron chi connectivity index (χ2n) is 4.24. The molecule has 0 N–H and O–H groups in total. The van der Waals surface area contributed by atoms with Gasteiger partial charge in [0.15, 0.2) is 11.6 Å². The van der Waals surface area contributed by atoms with Crippen molar-refractivity contribution in [2.75, 3.05) is 0 Å². The molecule has 2 aromatic carbocycles. The quantitative estimate of drug-likeness (QED) is 0.792. The SMILES string of the molecule is Cc1cccc(OCc2ccc(F)c(F)c2)c1C. The van der Waals surface area contributed by atoms with E-state index in [0.29, 0.717) is 5.56 Å². The van der Waals surface area contributed by atoms with Crippen LogP contribution in [0.25, 0.3) is 0 Å². The Morgan fingerprint density at radius 3 is 2.50 bits per heavy atom. The fraction of sp³-hybridized carbons (Fsp3) is 0.200. The Labute approximate surface area is 105 Å². The van der Waals surface area contributed by atoms with E-state index in [1.54, 1.807) is 0 Å². The Balaban J connectivity index is 2.11. The molecule has 2 aromatic rings. The lowest BCUT2D eigenvalue weighted by molar-refractivity contribution is 0.302. The Morgan fingerprint density at radius 1 is 1.00 bits per heavy atom. The van der Waals surface area contributed by atoms with E-state index in [1.165, 1.54) is 6.07 Å². The first-order valence-corrected chi connectivity index (χ1v) is 5.71. The van der Waals surface area contributed by atoms with Crippen LogP contribution in [0.1, 0.15) is 16.7 Å². The average Bonchev–Trinajstić information content (AvgIpc) is 2.35. The second-order valence-corrected chi connectivity index (χ2v) is 4.24. The molecule has 0 saturated carbocycles. The third-order valence-electron chi connectivity index (χ3n) is 2.93. The molecule has 1 nitrogen and oxygen atoms in total. The number of benzene rings is 2. The normalized spacial score (nSPS) is 10.4. The molecule has 94 valence electrons. The smallest absolute Gasteiger partial charge is 0.159 e. The highest BCUT2D eigenvalue weighted by Gasteiger charge is 2.05. The first-order valence-electron chi connectivity index (χ1n) is 5.71. The summed E-state index contributed by atoms with van der Waals surface area (Å²) in [5.74, 6) is -0.928. The summed E-state index contributed by atoms with van der Waals surface area (Å²) in [6.07, 6.45) is 0. The lowest BCUT2D eigenvalue weighted by atomic mass is 10.1. The molecule has 0 radical (unpaired) electrons. The lowest BCUT2D eigenvalue weighted by Gasteiger charge is -2.11. The molecule has 0 unspecified atom stereocenters. The van der Waals surface area contributed by atoms with Gasteiger partial charge in [0.05, 0.1) is 0 Å². The van der Waals surface area contributed by atoms with E-state index in [0.717, 1.165) is 29.0 Å². The summed E-state index contributed by atoms with van der Waals surface area (Å²) in [4.78, 5) is 0. The molecule has 0 aliphatic carbocycles. The number of hydrogen-bond donors (Lipinski definition) is 0. The zero-order chi connectivity index (χ0) is 13.1. The maximum Gasteiger partial charge on any atom is 0.159 e. The van der Waals surface area contributed by atoms with Crippen molar-refractivity contribution < 1.29 is 13.5 Å². The first kappa shape index (κ1) is 12.6. The number of rotatable bonds is 3. The van der Waals surface area contributed by atoms with Crippen molar-refractivity contribution in [3.63, 3.8) is 0 Å². The van der Waals surface area contributed by atoms with Crippen LogP contribution in [-0.2, 0) is 6.61 Å².